The zero-order chi connectivity index (χ0) is 27.3. The van der Waals surface area contributed by atoms with E-state index in [0.717, 1.165) is 17.8 Å². The summed E-state index contributed by atoms with van der Waals surface area (Å²) >= 11 is 0. The quantitative estimate of drug-likeness (QED) is 0.115. The van der Waals surface area contributed by atoms with Gasteiger partial charge in [0.05, 0.1) is 27.3 Å². The lowest BCUT2D eigenvalue weighted by molar-refractivity contribution is -0.643. The van der Waals surface area contributed by atoms with Crippen LogP contribution in [0.25, 0.3) is 49.0 Å². The van der Waals surface area contributed by atoms with Crippen molar-refractivity contribution in [1.82, 2.24) is 4.40 Å². The molecule has 6 aromatic rings. The van der Waals surface area contributed by atoms with Gasteiger partial charge in [0.25, 0.3) is 0 Å². The molecule has 3 aromatic heterocycles. The van der Waals surface area contributed by atoms with Gasteiger partial charge in [0.15, 0.2) is 6.20 Å². The summed E-state index contributed by atoms with van der Waals surface area (Å²) in [5, 5.41) is 7.08. The highest BCUT2D eigenvalue weighted by Crippen LogP contribution is 2.61. The molecule has 0 spiro atoms. The maximum atomic E-state index is 2.66. The van der Waals surface area contributed by atoms with Crippen LogP contribution in [0.2, 0.25) is 0 Å². The first kappa shape index (κ1) is 23.6. The van der Waals surface area contributed by atoms with E-state index >= 15 is 0 Å². The molecule has 0 amide bonds. The summed E-state index contributed by atoms with van der Waals surface area (Å²) in [6.07, 6.45) is 11.0. The van der Waals surface area contributed by atoms with Gasteiger partial charge in [-0.3, -0.25) is 0 Å². The molecule has 4 saturated carbocycles. The van der Waals surface area contributed by atoms with E-state index in [2.05, 4.69) is 99.3 Å². The van der Waals surface area contributed by atoms with Crippen molar-refractivity contribution in [2.75, 3.05) is 0 Å². The van der Waals surface area contributed by atoms with Gasteiger partial charge >= 0.3 is 0 Å². The Bertz CT molecular complexity index is 2010. The maximum absolute atomic E-state index is 2.66. The second-order valence-corrected chi connectivity index (χ2v) is 15.3. The molecule has 4 fully saturated rings. The van der Waals surface area contributed by atoms with E-state index in [4.69, 9.17) is 0 Å². The lowest BCUT2D eigenvalue weighted by Crippen LogP contribution is -2.48. The lowest BCUT2D eigenvalue weighted by Gasteiger charge is -2.57. The SMILES string of the molecule is Cc1cc2c3cc(C(C)(C)C)ccc3n3c4cc(C56CC7CC(CC(C7)C5)C6)cc5cc[n+](C)c(c(c1C)c23)c54. The predicted molar refractivity (Wildman–Crippen MR) is 168 cm³/mol. The zero-order valence-corrected chi connectivity index (χ0v) is 25.0. The van der Waals surface area contributed by atoms with Crippen LogP contribution in [0.3, 0.4) is 0 Å². The van der Waals surface area contributed by atoms with Crippen molar-refractivity contribution in [2.24, 2.45) is 24.8 Å². The molecule has 3 heterocycles. The Morgan fingerprint density at radius 2 is 1.50 bits per heavy atom. The first-order chi connectivity index (χ1) is 19.1. The largest absolute Gasteiger partial charge is 0.307 e. The number of fused-ring (bicyclic) bond motifs is 5. The molecule has 4 aliphatic rings. The minimum absolute atomic E-state index is 0.118. The summed E-state index contributed by atoms with van der Waals surface area (Å²) in [7, 11) is 2.25. The van der Waals surface area contributed by atoms with Gasteiger partial charge < -0.3 is 4.40 Å². The van der Waals surface area contributed by atoms with Crippen LogP contribution in [0.5, 0.6) is 0 Å². The van der Waals surface area contributed by atoms with Crippen LogP contribution in [0.1, 0.15) is 81.5 Å². The van der Waals surface area contributed by atoms with E-state index < -0.39 is 0 Å². The molecule has 202 valence electrons. The molecule has 0 saturated heterocycles. The molecule has 2 heteroatoms. The molecule has 0 aliphatic heterocycles. The van der Waals surface area contributed by atoms with Gasteiger partial charge in [0, 0.05) is 16.8 Å². The fraction of sp³-hybridized carbons (Fsp3) is 0.447. The number of aromatic nitrogens is 2. The predicted octanol–water partition coefficient (Wildman–Crippen LogP) is 9.20. The monoisotopic (exact) mass is 525 g/mol. The molecule has 10 rings (SSSR count). The average Bonchev–Trinajstić information content (AvgIpc) is 3.22. The van der Waals surface area contributed by atoms with Gasteiger partial charge in [-0.15, -0.1) is 0 Å². The van der Waals surface area contributed by atoms with Crippen molar-refractivity contribution in [1.29, 1.82) is 0 Å². The first-order valence-corrected chi connectivity index (χ1v) is 15.7. The lowest BCUT2D eigenvalue weighted by atomic mass is 9.48. The minimum atomic E-state index is 0.118. The molecular formula is C38H41N2+. The Morgan fingerprint density at radius 3 is 2.17 bits per heavy atom. The molecule has 0 radical (unpaired) electrons. The Balaban J connectivity index is 1.48. The van der Waals surface area contributed by atoms with E-state index in [1.54, 1.807) is 5.56 Å². The fourth-order valence-corrected chi connectivity index (χ4v) is 10.1. The third kappa shape index (κ3) is 2.88. The van der Waals surface area contributed by atoms with Gasteiger partial charge in [-0.1, -0.05) is 26.8 Å². The molecule has 3 aromatic carbocycles. The second-order valence-electron chi connectivity index (χ2n) is 15.3. The smallest absolute Gasteiger partial charge is 0.224 e. The van der Waals surface area contributed by atoms with Crippen LogP contribution in [0.15, 0.2) is 48.7 Å². The molecular weight excluding hydrogens is 484 g/mol. The average molecular weight is 526 g/mol. The summed E-state index contributed by atoms with van der Waals surface area (Å²) in [6, 6.07) is 17.4. The number of nitrogens with zero attached hydrogens (tertiary/aromatic N) is 2. The Hall–Kier alpha value is -3.13. The number of hydrogen-bond acceptors (Lipinski definition) is 0. The van der Waals surface area contributed by atoms with Crippen molar-refractivity contribution in [3.8, 4) is 0 Å². The molecule has 0 atom stereocenters. The van der Waals surface area contributed by atoms with Crippen LogP contribution < -0.4 is 4.57 Å². The van der Waals surface area contributed by atoms with Crippen molar-refractivity contribution in [3.63, 3.8) is 0 Å². The van der Waals surface area contributed by atoms with E-state index in [9.17, 15) is 0 Å². The van der Waals surface area contributed by atoms with E-state index in [0.29, 0.717) is 5.41 Å². The molecule has 40 heavy (non-hydrogen) atoms. The number of benzene rings is 3. The van der Waals surface area contributed by atoms with E-state index in [-0.39, 0.29) is 5.41 Å². The van der Waals surface area contributed by atoms with Crippen LogP contribution >= 0.6 is 0 Å². The minimum Gasteiger partial charge on any atom is -0.307 e. The van der Waals surface area contributed by atoms with Crippen LogP contribution in [0.4, 0.5) is 0 Å². The van der Waals surface area contributed by atoms with Crippen LogP contribution in [-0.2, 0) is 17.9 Å². The summed E-state index contributed by atoms with van der Waals surface area (Å²) in [6.45, 7) is 11.6. The third-order valence-corrected chi connectivity index (χ3v) is 11.8. The highest BCUT2D eigenvalue weighted by Gasteiger charge is 2.51. The van der Waals surface area contributed by atoms with Crippen molar-refractivity contribution in [2.45, 2.75) is 84.0 Å². The number of pyridine rings is 2. The van der Waals surface area contributed by atoms with E-state index in [1.807, 2.05) is 0 Å². The molecule has 0 N–H and O–H groups in total. The fourth-order valence-electron chi connectivity index (χ4n) is 10.1. The van der Waals surface area contributed by atoms with Crippen molar-refractivity contribution >= 4 is 49.0 Å². The topological polar surface area (TPSA) is 8.29 Å². The maximum Gasteiger partial charge on any atom is 0.224 e. The summed E-state index contributed by atoms with van der Waals surface area (Å²) in [5.41, 5.74) is 11.9. The molecule has 4 aliphatic carbocycles. The Morgan fingerprint density at radius 1 is 0.800 bits per heavy atom. The van der Waals surface area contributed by atoms with Crippen molar-refractivity contribution in [3.05, 3.63) is 70.9 Å². The highest BCUT2D eigenvalue weighted by atomic mass is 15.0. The molecule has 2 nitrogen and oxygen atoms in total. The van der Waals surface area contributed by atoms with Gasteiger partial charge in [0.1, 0.15) is 7.05 Å². The zero-order valence-electron chi connectivity index (χ0n) is 25.0. The van der Waals surface area contributed by atoms with Gasteiger partial charge in [-0.25, -0.2) is 4.57 Å². The Kier molecular flexibility index (Phi) is 4.35. The summed E-state index contributed by atoms with van der Waals surface area (Å²) in [5.74, 6) is 2.84. The van der Waals surface area contributed by atoms with Gasteiger partial charge in [-0.2, -0.15) is 0 Å². The standard InChI is InChI=1S/C38H41N2/c1-21-11-30-29-16-27(37(3,4)5)7-8-31(29)40-32-17-28(38-18-23-12-24(19-38)14-25(13-23)20-38)15-26-9-10-39(6)36(34(26)32)33(22(21)2)35(30)40/h7-11,15-17,23-25H,12-14,18-20H2,1-6H3/q+1. The van der Waals surface area contributed by atoms with Crippen LogP contribution in [0, 0.1) is 31.6 Å². The number of hydrogen-bond donors (Lipinski definition) is 0. The normalized spacial score (nSPS) is 26.5. The second kappa shape index (κ2) is 7.38. The molecule has 0 unspecified atom stereocenters. The number of aryl methyl sites for hydroxylation is 3. The summed E-state index contributed by atoms with van der Waals surface area (Å²) < 4.78 is 5.05. The number of rotatable bonds is 1. The van der Waals surface area contributed by atoms with Gasteiger partial charge in [-0.05, 0) is 139 Å². The third-order valence-electron chi connectivity index (χ3n) is 11.8. The highest BCUT2D eigenvalue weighted by molar-refractivity contribution is 6.26. The first-order valence-electron chi connectivity index (χ1n) is 15.7. The van der Waals surface area contributed by atoms with E-state index in [1.165, 1.54) is 104 Å². The summed E-state index contributed by atoms with van der Waals surface area (Å²) in [4.78, 5) is 0. The molecule has 4 bridgehead atoms. The van der Waals surface area contributed by atoms with Gasteiger partial charge in [0.2, 0.25) is 5.52 Å². The van der Waals surface area contributed by atoms with Crippen molar-refractivity contribution < 1.29 is 4.57 Å². The van der Waals surface area contributed by atoms with Crippen LogP contribution in [-0.4, -0.2) is 4.40 Å². The Labute approximate surface area is 237 Å².